The zero-order chi connectivity index (χ0) is 14.7. The number of rotatable bonds is 4. The lowest BCUT2D eigenvalue weighted by atomic mass is 10.2. The molecule has 0 aliphatic carbocycles. The predicted octanol–water partition coefficient (Wildman–Crippen LogP) is 2.48. The molecule has 1 aliphatic rings. The fraction of sp³-hybridized carbons (Fsp3) is 0.400. The van der Waals surface area contributed by atoms with Crippen LogP contribution in [0.15, 0.2) is 29.1 Å². The van der Waals surface area contributed by atoms with Crippen molar-refractivity contribution in [2.24, 2.45) is 0 Å². The van der Waals surface area contributed by atoms with Crippen molar-refractivity contribution in [1.29, 1.82) is 0 Å². The van der Waals surface area contributed by atoms with Gasteiger partial charge in [0.05, 0.1) is 11.9 Å². The highest BCUT2D eigenvalue weighted by molar-refractivity contribution is 6.03. The van der Waals surface area contributed by atoms with Gasteiger partial charge < -0.3 is 14.6 Å². The monoisotopic (exact) mass is 286 g/mol. The molecule has 0 aromatic carbocycles. The average Bonchev–Trinajstić information content (AvgIpc) is 3.19. The minimum absolute atomic E-state index is 0.267. The van der Waals surface area contributed by atoms with E-state index in [1.54, 1.807) is 6.20 Å². The number of pyridine rings is 1. The van der Waals surface area contributed by atoms with Crippen LogP contribution in [0.3, 0.4) is 0 Å². The van der Waals surface area contributed by atoms with Crippen LogP contribution >= 0.6 is 0 Å². The summed E-state index contributed by atoms with van der Waals surface area (Å²) in [6.45, 7) is 4.03. The number of anilines is 2. The molecule has 1 saturated heterocycles. The molecule has 1 amide bonds. The fourth-order valence-electron chi connectivity index (χ4n) is 2.49. The molecule has 2 aromatic heterocycles. The second-order valence-corrected chi connectivity index (χ2v) is 5.03. The Kier molecular flexibility index (Phi) is 3.85. The zero-order valence-corrected chi connectivity index (χ0v) is 12.0. The van der Waals surface area contributed by atoms with E-state index >= 15 is 0 Å². The van der Waals surface area contributed by atoms with Gasteiger partial charge in [-0.3, -0.25) is 4.79 Å². The minimum Gasteiger partial charge on any atom is -0.448 e. The minimum atomic E-state index is -0.267. The molecule has 3 heterocycles. The van der Waals surface area contributed by atoms with Crippen LogP contribution in [-0.4, -0.2) is 29.0 Å². The van der Waals surface area contributed by atoms with Crippen LogP contribution in [0.5, 0.6) is 0 Å². The highest BCUT2D eigenvalue weighted by atomic mass is 16.3. The van der Waals surface area contributed by atoms with Crippen LogP contribution in [0.1, 0.15) is 36.0 Å². The Morgan fingerprint density at radius 2 is 2.14 bits per heavy atom. The highest BCUT2D eigenvalue weighted by Crippen LogP contribution is 2.19. The molecule has 6 nitrogen and oxygen atoms in total. The van der Waals surface area contributed by atoms with Crippen molar-refractivity contribution in [3.8, 4) is 0 Å². The molecule has 0 spiro atoms. The summed E-state index contributed by atoms with van der Waals surface area (Å²) in [5.41, 5.74) is 0.995. The molecule has 1 fully saturated rings. The number of oxazole rings is 1. The summed E-state index contributed by atoms with van der Waals surface area (Å²) in [6.07, 6.45) is 6.03. The summed E-state index contributed by atoms with van der Waals surface area (Å²) in [5.74, 6) is 1.28. The van der Waals surface area contributed by atoms with Crippen molar-refractivity contribution >= 4 is 17.4 Å². The lowest BCUT2D eigenvalue weighted by Crippen LogP contribution is -2.19. The number of aryl methyl sites for hydroxylation is 1. The van der Waals surface area contributed by atoms with Crippen molar-refractivity contribution in [2.75, 3.05) is 23.3 Å². The SMILES string of the molecule is CCc1ocnc1C(=O)Nc1ccc(N2CCCC2)nc1. The van der Waals surface area contributed by atoms with E-state index in [2.05, 4.69) is 20.2 Å². The molecular weight excluding hydrogens is 268 g/mol. The maximum atomic E-state index is 12.1. The Morgan fingerprint density at radius 3 is 2.81 bits per heavy atom. The third-order valence-corrected chi connectivity index (χ3v) is 3.61. The molecular formula is C15H18N4O2. The van der Waals surface area contributed by atoms with Crippen LogP contribution in [-0.2, 0) is 6.42 Å². The van der Waals surface area contributed by atoms with Crippen LogP contribution in [0, 0.1) is 0 Å². The summed E-state index contributed by atoms with van der Waals surface area (Å²) in [4.78, 5) is 22.7. The normalized spacial score (nSPS) is 14.4. The van der Waals surface area contributed by atoms with Crippen molar-refractivity contribution in [2.45, 2.75) is 26.2 Å². The Balaban J connectivity index is 1.68. The molecule has 0 radical (unpaired) electrons. The largest absolute Gasteiger partial charge is 0.448 e. The number of amides is 1. The number of carbonyl (C=O) groups excluding carboxylic acids is 1. The molecule has 21 heavy (non-hydrogen) atoms. The van der Waals surface area contributed by atoms with E-state index in [9.17, 15) is 4.79 Å². The zero-order valence-electron chi connectivity index (χ0n) is 12.0. The Labute approximate surface area is 123 Å². The van der Waals surface area contributed by atoms with Crippen molar-refractivity contribution in [1.82, 2.24) is 9.97 Å². The van der Waals surface area contributed by atoms with Crippen LogP contribution < -0.4 is 10.2 Å². The maximum Gasteiger partial charge on any atom is 0.277 e. The third-order valence-electron chi connectivity index (χ3n) is 3.61. The van der Waals surface area contributed by atoms with E-state index < -0.39 is 0 Å². The topological polar surface area (TPSA) is 71.3 Å². The van der Waals surface area contributed by atoms with Gasteiger partial charge in [-0.15, -0.1) is 0 Å². The van der Waals surface area contributed by atoms with Gasteiger partial charge in [0.15, 0.2) is 12.1 Å². The molecule has 1 aliphatic heterocycles. The molecule has 110 valence electrons. The van der Waals surface area contributed by atoms with Crippen molar-refractivity contribution < 1.29 is 9.21 Å². The number of aromatic nitrogens is 2. The average molecular weight is 286 g/mol. The van der Waals surface area contributed by atoms with Gasteiger partial charge in [-0.2, -0.15) is 0 Å². The summed E-state index contributed by atoms with van der Waals surface area (Å²) in [7, 11) is 0. The van der Waals surface area contributed by atoms with Gasteiger partial charge in [0, 0.05) is 19.5 Å². The van der Waals surface area contributed by atoms with E-state index in [0.29, 0.717) is 23.6 Å². The quantitative estimate of drug-likeness (QED) is 0.935. The first-order valence-electron chi connectivity index (χ1n) is 7.22. The van der Waals surface area contributed by atoms with E-state index in [1.165, 1.54) is 19.2 Å². The van der Waals surface area contributed by atoms with Gasteiger partial charge in [-0.1, -0.05) is 6.92 Å². The maximum absolute atomic E-state index is 12.1. The number of nitrogens with zero attached hydrogens (tertiary/aromatic N) is 3. The van der Waals surface area contributed by atoms with Crippen molar-refractivity contribution in [3.63, 3.8) is 0 Å². The first-order valence-corrected chi connectivity index (χ1v) is 7.22. The molecule has 1 N–H and O–H groups in total. The van der Waals surface area contributed by atoms with Gasteiger partial charge in [0.2, 0.25) is 0 Å². The number of hydrogen-bond acceptors (Lipinski definition) is 5. The Bertz CT molecular complexity index is 615. The Hall–Kier alpha value is -2.37. The predicted molar refractivity (Wildman–Crippen MR) is 79.5 cm³/mol. The summed E-state index contributed by atoms with van der Waals surface area (Å²) in [5, 5.41) is 2.79. The highest BCUT2D eigenvalue weighted by Gasteiger charge is 2.16. The van der Waals surface area contributed by atoms with Gasteiger partial charge in [0.1, 0.15) is 11.6 Å². The third kappa shape index (κ3) is 2.89. The first-order chi connectivity index (χ1) is 10.3. The van der Waals surface area contributed by atoms with Crippen LogP contribution in [0.25, 0.3) is 0 Å². The molecule has 6 heteroatoms. The van der Waals surface area contributed by atoms with Gasteiger partial charge in [0.25, 0.3) is 5.91 Å². The van der Waals surface area contributed by atoms with E-state index in [0.717, 1.165) is 18.9 Å². The molecule has 0 saturated carbocycles. The summed E-state index contributed by atoms with van der Waals surface area (Å²) >= 11 is 0. The van der Waals surface area contributed by atoms with E-state index in [1.807, 2.05) is 19.1 Å². The molecule has 3 rings (SSSR count). The van der Waals surface area contributed by atoms with Crippen molar-refractivity contribution in [3.05, 3.63) is 36.2 Å². The number of hydrogen-bond donors (Lipinski definition) is 1. The first kappa shape index (κ1) is 13.6. The second-order valence-electron chi connectivity index (χ2n) is 5.03. The summed E-state index contributed by atoms with van der Waals surface area (Å²) < 4.78 is 5.17. The van der Waals surface area contributed by atoms with Gasteiger partial charge in [-0.25, -0.2) is 9.97 Å². The molecule has 0 bridgehead atoms. The lowest BCUT2D eigenvalue weighted by molar-refractivity contribution is 0.102. The second kappa shape index (κ2) is 5.95. The summed E-state index contributed by atoms with van der Waals surface area (Å²) in [6, 6.07) is 3.80. The molecule has 0 atom stereocenters. The fourth-order valence-corrected chi connectivity index (χ4v) is 2.49. The standard InChI is InChI=1S/C15H18N4O2/c1-2-12-14(17-10-21-12)15(20)18-11-5-6-13(16-9-11)19-7-3-4-8-19/h5-6,9-10H,2-4,7-8H2,1H3,(H,18,20). The molecule has 2 aromatic rings. The lowest BCUT2D eigenvalue weighted by Gasteiger charge is -2.16. The molecule has 0 unspecified atom stereocenters. The van der Waals surface area contributed by atoms with E-state index in [4.69, 9.17) is 4.42 Å². The van der Waals surface area contributed by atoms with Gasteiger partial charge >= 0.3 is 0 Å². The van der Waals surface area contributed by atoms with E-state index in [-0.39, 0.29) is 5.91 Å². The van der Waals surface area contributed by atoms with Crippen LogP contribution in [0.4, 0.5) is 11.5 Å². The van der Waals surface area contributed by atoms with Crippen LogP contribution in [0.2, 0.25) is 0 Å². The Morgan fingerprint density at radius 1 is 1.33 bits per heavy atom. The number of nitrogens with one attached hydrogen (secondary N) is 1. The smallest absolute Gasteiger partial charge is 0.277 e. The van der Waals surface area contributed by atoms with Gasteiger partial charge in [-0.05, 0) is 25.0 Å². The number of carbonyl (C=O) groups is 1.